The molecule has 1 aromatic carbocycles. The number of rotatable bonds is 2. The first-order valence-electron chi connectivity index (χ1n) is 5.06. The van der Waals surface area contributed by atoms with E-state index >= 15 is 0 Å². The molecule has 0 aliphatic heterocycles. The fraction of sp³-hybridized carbons (Fsp3) is 0.0833. The SMILES string of the molecule is Cc1cc(-c2ccccc2)c(N)c([N+](=O)[O-])n1. The lowest BCUT2D eigenvalue weighted by atomic mass is 10.0. The molecule has 0 fully saturated rings. The molecule has 1 aromatic heterocycles. The van der Waals surface area contributed by atoms with Crippen LogP contribution in [0.5, 0.6) is 0 Å². The predicted molar refractivity (Wildman–Crippen MR) is 65.5 cm³/mol. The van der Waals surface area contributed by atoms with Crippen LogP contribution in [0.25, 0.3) is 11.1 Å². The zero-order valence-corrected chi connectivity index (χ0v) is 9.25. The monoisotopic (exact) mass is 229 g/mol. The Morgan fingerprint density at radius 2 is 1.94 bits per heavy atom. The van der Waals surface area contributed by atoms with Crippen molar-refractivity contribution in [3.63, 3.8) is 0 Å². The molecular weight excluding hydrogens is 218 g/mol. The summed E-state index contributed by atoms with van der Waals surface area (Å²) in [5.74, 6) is -0.288. The molecule has 0 aliphatic rings. The minimum absolute atomic E-state index is 0.104. The van der Waals surface area contributed by atoms with Crippen LogP contribution in [-0.2, 0) is 0 Å². The molecule has 5 heteroatoms. The molecule has 5 nitrogen and oxygen atoms in total. The Balaban J connectivity index is 2.67. The van der Waals surface area contributed by atoms with Gasteiger partial charge in [-0.3, -0.25) is 0 Å². The van der Waals surface area contributed by atoms with Crippen molar-refractivity contribution in [3.05, 3.63) is 52.2 Å². The number of aryl methyl sites for hydroxylation is 1. The van der Waals surface area contributed by atoms with Crippen LogP contribution in [0.15, 0.2) is 36.4 Å². The van der Waals surface area contributed by atoms with Gasteiger partial charge in [0.25, 0.3) is 0 Å². The third-order valence-corrected chi connectivity index (χ3v) is 2.42. The highest BCUT2D eigenvalue weighted by atomic mass is 16.6. The maximum Gasteiger partial charge on any atom is 0.387 e. The highest BCUT2D eigenvalue weighted by Gasteiger charge is 2.19. The van der Waals surface area contributed by atoms with Crippen LogP contribution < -0.4 is 5.73 Å². The lowest BCUT2D eigenvalue weighted by Crippen LogP contribution is -2.02. The van der Waals surface area contributed by atoms with Crippen LogP contribution >= 0.6 is 0 Å². The van der Waals surface area contributed by atoms with Crippen LogP contribution in [0, 0.1) is 17.0 Å². The maximum atomic E-state index is 10.8. The van der Waals surface area contributed by atoms with Crippen LogP contribution in [0.4, 0.5) is 11.5 Å². The molecule has 17 heavy (non-hydrogen) atoms. The van der Waals surface area contributed by atoms with Crippen molar-refractivity contribution in [2.45, 2.75) is 6.92 Å². The Labute approximate surface area is 98.1 Å². The van der Waals surface area contributed by atoms with Gasteiger partial charge in [-0.1, -0.05) is 30.3 Å². The number of nitrogen functional groups attached to an aromatic ring is 1. The zero-order chi connectivity index (χ0) is 12.4. The zero-order valence-electron chi connectivity index (χ0n) is 9.25. The summed E-state index contributed by atoms with van der Waals surface area (Å²) in [6.07, 6.45) is 0. The second-order valence-electron chi connectivity index (χ2n) is 3.67. The summed E-state index contributed by atoms with van der Waals surface area (Å²) in [7, 11) is 0. The van der Waals surface area contributed by atoms with Crippen LogP contribution in [0.2, 0.25) is 0 Å². The molecule has 2 N–H and O–H groups in total. The number of benzene rings is 1. The molecule has 0 saturated heterocycles. The second-order valence-corrected chi connectivity index (χ2v) is 3.67. The molecule has 0 atom stereocenters. The van der Waals surface area contributed by atoms with Crippen molar-refractivity contribution < 1.29 is 4.92 Å². The third-order valence-electron chi connectivity index (χ3n) is 2.42. The standard InChI is InChI=1S/C12H11N3O2/c1-8-7-10(9-5-3-2-4-6-9)11(13)12(14-8)15(16)17/h2-7H,13H2,1H3. The van der Waals surface area contributed by atoms with Crippen molar-refractivity contribution >= 4 is 11.5 Å². The average molecular weight is 229 g/mol. The first kappa shape index (κ1) is 11.1. The summed E-state index contributed by atoms with van der Waals surface area (Å²) >= 11 is 0. The van der Waals surface area contributed by atoms with Gasteiger partial charge < -0.3 is 15.8 Å². The summed E-state index contributed by atoms with van der Waals surface area (Å²) < 4.78 is 0. The Kier molecular flexibility index (Phi) is 2.74. The fourth-order valence-corrected chi connectivity index (χ4v) is 1.66. The minimum Gasteiger partial charge on any atom is -0.391 e. The number of nitrogens with zero attached hydrogens (tertiary/aromatic N) is 2. The van der Waals surface area contributed by atoms with Gasteiger partial charge in [-0.2, -0.15) is 0 Å². The summed E-state index contributed by atoms with van der Waals surface area (Å²) in [6.45, 7) is 1.71. The number of hydrogen-bond acceptors (Lipinski definition) is 4. The maximum absolute atomic E-state index is 10.8. The van der Waals surface area contributed by atoms with Gasteiger partial charge >= 0.3 is 5.82 Å². The summed E-state index contributed by atoms with van der Waals surface area (Å²) in [5, 5.41) is 10.8. The van der Waals surface area contributed by atoms with E-state index in [1.54, 1.807) is 13.0 Å². The molecule has 2 aromatic rings. The summed E-state index contributed by atoms with van der Waals surface area (Å²) in [6, 6.07) is 11.1. The summed E-state index contributed by atoms with van der Waals surface area (Å²) in [4.78, 5) is 14.1. The normalized spacial score (nSPS) is 10.2. The lowest BCUT2D eigenvalue weighted by molar-refractivity contribution is -0.388. The molecular formula is C12H11N3O2. The molecule has 0 amide bonds. The van der Waals surface area contributed by atoms with Gasteiger partial charge in [0, 0.05) is 12.5 Å². The van der Waals surface area contributed by atoms with Crippen LogP contribution in [0.1, 0.15) is 5.69 Å². The van der Waals surface area contributed by atoms with Crippen LogP contribution in [0.3, 0.4) is 0 Å². The Morgan fingerprint density at radius 1 is 1.29 bits per heavy atom. The van der Waals surface area contributed by atoms with E-state index in [-0.39, 0.29) is 11.5 Å². The predicted octanol–water partition coefficient (Wildman–Crippen LogP) is 2.55. The first-order chi connectivity index (χ1) is 8.09. The summed E-state index contributed by atoms with van der Waals surface area (Å²) in [5.41, 5.74) is 7.95. The van der Waals surface area contributed by atoms with Crippen molar-refractivity contribution in [2.24, 2.45) is 0 Å². The van der Waals surface area contributed by atoms with E-state index in [4.69, 9.17) is 5.73 Å². The van der Waals surface area contributed by atoms with Gasteiger partial charge in [-0.05, 0) is 21.5 Å². The number of anilines is 1. The third kappa shape index (κ3) is 2.08. The fourth-order valence-electron chi connectivity index (χ4n) is 1.66. The van der Waals surface area contributed by atoms with E-state index in [1.807, 2.05) is 30.3 Å². The number of pyridine rings is 1. The highest BCUT2D eigenvalue weighted by Crippen LogP contribution is 2.32. The van der Waals surface area contributed by atoms with Gasteiger partial charge in [0.05, 0.1) is 0 Å². The van der Waals surface area contributed by atoms with E-state index in [0.29, 0.717) is 11.3 Å². The minimum atomic E-state index is -0.561. The van der Waals surface area contributed by atoms with Crippen molar-refractivity contribution in [1.82, 2.24) is 4.98 Å². The molecule has 0 spiro atoms. The van der Waals surface area contributed by atoms with E-state index in [1.165, 1.54) is 0 Å². The van der Waals surface area contributed by atoms with Crippen LogP contribution in [-0.4, -0.2) is 9.91 Å². The van der Waals surface area contributed by atoms with Crippen molar-refractivity contribution in [1.29, 1.82) is 0 Å². The van der Waals surface area contributed by atoms with Gasteiger partial charge in [0.1, 0.15) is 5.69 Å². The first-order valence-corrected chi connectivity index (χ1v) is 5.06. The quantitative estimate of drug-likeness (QED) is 0.633. The van der Waals surface area contributed by atoms with E-state index in [2.05, 4.69) is 4.98 Å². The molecule has 0 unspecified atom stereocenters. The van der Waals surface area contributed by atoms with Gasteiger partial charge in [-0.25, -0.2) is 0 Å². The van der Waals surface area contributed by atoms with E-state index in [0.717, 1.165) is 5.56 Å². The lowest BCUT2D eigenvalue weighted by Gasteiger charge is -2.06. The molecule has 0 radical (unpaired) electrons. The highest BCUT2D eigenvalue weighted by molar-refractivity contribution is 5.81. The van der Waals surface area contributed by atoms with Crippen molar-refractivity contribution in [3.8, 4) is 11.1 Å². The smallest absolute Gasteiger partial charge is 0.387 e. The number of nitrogens with two attached hydrogens (primary N) is 1. The molecule has 0 aliphatic carbocycles. The largest absolute Gasteiger partial charge is 0.391 e. The Morgan fingerprint density at radius 3 is 2.53 bits per heavy atom. The van der Waals surface area contributed by atoms with Crippen molar-refractivity contribution in [2.75, 3.05) is 5.73 Å². The molecule has 0 saturated carbocycles. The van der Waals surface area contributed by atoms with E-state index in [9.17, 15) is 10.1 Å². The number of nitro groups is 1. The average Bonchev–Trinajstić information content (AvgIpc) is 2.32. The number of hydrogen-bond donors (Lipinski definition) is 1. The van der Waals surface area contributed by atoms with Gasteiger partial charge in [-0.15, -0.1) is 0 Å². The Bertz CT molecular complexity index is 567. The topological polar surface area (TPSA) is 82.0 Å². The van der Waals surface area contributed by atoms with Gasteiger partial charge in [0.2, 0.25) is 0 Å². The Hall–Kier alpha value is -2.43. The van der Waals surface area contributed by atoms with Gasteiger partial charge in [0.15, 0.2) is 5.69 Å². The second kappa shape index (κ2) is 4.21. The van der Waals surface area contributed by atoms with E-state index < -0.39 is 4.92 Å². The number of aromatic nitrogens is 1. The molecule has 0 bridgehead atoms. The molecule has 1 heterocycles. The molecule has 2 rings (SSSR count). The molecule has 86 valence electrons.